The van der Waals surface area contributed by atoms with Gasteiger partial charge in [0.2, 0.25) is 0 Å². The average Bonchev–Trinajstić information content (AvgIpc) is 2.92. The molecule has 0 saturated heterocycles. The number of esters is 1. The van der Waals surface area contributed by atoms with E-state index in [0.717, 1.165) is 18.4 Å². The number of benzene rings is 1. The third-order valence-electron chi connectivity index (χ3n) is 4.70. The maximum Gasteiger partial charge on any atom is 0.416 e. The molecule has 0 aliphatic heterocycles. The smallest absolute Gasteiger partial charge is 0.416 e. The summed E-state index contributed by atoms with van der Waals surface area (Å²) in [5.41, 5.74) is -0.224. The number of ether oxygens (including phenoxy) is 1. The maximum absolute atomic E-state index is 13.7. The fourth-order valence-corrected chi connectivity index (χ4v) is 3.96. The van der Waals surface area contributed by atoms with Gasteiger partial charge in [0.25, 0.3) is 0 Å². The van der Waals surface area contributed by atoms with Gasteiger partial charge in [-0.15, -0.1) is 0 Å². The van der Waals surface area contributed by atoms with Crippen LogP contribution >= 0.6 is 0 Å². The minimum Gasteiger partial charge on any atom is -0.462 e. The van der Waals surface area contributed by atoms with Crippen LogP contribution in [0.2, 0.25) is 0 Å². The molecule has 160 valence electrons. The second-order valence-electron chi connectivity index (χ2n) is 6.73. The summed E-state index contributed by atoms with van der Waals surface area (Å²) in [6.07, 6.45) is -2.43. The van der Waals surface area contributed by atoms with Gasteiger partial charge in [-0.1, -0.05) is 6.07 Å². The molecule has 0 fully saturated rings. The van der Waals surface area contributed by atoms with Crippen molar-refractivity contribution in [2.75, 3.05) is 12.9 Å². The van der Waals surface area contributed by atoms with Crippen molar-refractivity contribution in [2.24, 2.45) is 0 Å². The summed E-state index contributed by atoms with van der Waals surface area (Å²) in [7, 11) is -3.81. The van der Waals surface area contributed by atoms with Crippen molar-refractivity contribution >= 4 is 26.8 Å². The minimum atomic E-state index is -4.76. The molecule has 0 spiro atoms. The van der Waals surface area contributed by atoms with Crippen molar-refractivity contribution < 1.29 is 31.1 Å². The van der Waals surface area contributed by atoms with Gasteiger partial charge in [-0.2, -0.15) is 13.2 Å². The summed E-state index contributed by atoms with van der Waals surface area (Å²) in [6.45, 7) is 3.16. The van der Waals surface area contributed by atoms with Crippen molar-refractivity contribution in [3.05, 3.63) is 58.9 Å². The van der Waals surface area contributed by atoms with Gasteiger partial charge >= 0.3 is 12.1 Å². The molecule has 0 atom stereocenters. The number of aromatic nitrogens is 2. The van der Waals surface area contributed by atoms with E-state index >= 15 is 0 Å². The van der Waals surface area contributed by atoms with Crippen molar-refractivity contribution in [1.82, 2.24) is 9.55 Å². The first kappa shape index (κ1) is 21.8. The summed E-state index contributed by atoms with van der Waals surface area (Å²) in [5, 5.41) is 0.467. The number of sulfone groups is 1. The highest BCUT2D eigenvalue weighted by atomic mass is 32.2. The Morgan fingerprint density at radius 3 is 2.53 bits per heavy atom. The Kier molecular flexibility index (Phi) is 5.64. The monoisotopic (exact) mass is 440 g/mol. The highest BCUT2D eigenvalue weighted by Gasteiger charge is 2.35. The molecular formula is C20H19F3N2O4S. The molecule has 0 saturated carbocycles. The van der Waals surface area contributed by atoms with Gasteiger partial charge in [-0.05, 0) is 43.7 Å². The number of nitrogens with zero attached hydrogens (tertiary/aromatic N) is 2. The highest BCUT2D eigenvalue weighted by Crippen LogP contribution is 2.35. The van der Waals surface area contributed by atoms with Gasteiger partial charge in [-0.3, -0.25) is 0 Å². The molecule has 3 aromatic rings. The molecule has 10 heteroatoms. The van der Waals surface area contributed by atoms with E-state index in [1.165, 1.54) is 10.8 Å². The van der Waals surface area contributed by atoms with Crippen LogP contribution in [-0.2, 0) is 27.3 Å². The number of halogens is 3. The lowest BCUT2D eigenvalue weighted by Crippen LogP contribution is -2.14. The molecular weight excluding hydrogens is 421 g/mol. The number of hydrogen-bond donors (Lipinski definition) is 0. The van der Waals surface area contributed by atoms with Crippen LogP contribution in [-0.4, -0.2) is 36.8 Å². The molecule has 0 aliphatic rings. The molecule has 0 radical (unpaired) electrons. The van der Waals surface area contributed by atoms with Crippen LogP contribution in [0.3, 0.4) is 0 Å². The van der Waals surface area contributed by atoms with Crippen molar-refractivity contribution in [3.8, 4) is 0 Å². The number of fused-ring (bicyclic) bond motifs is 1. The van der Waals surface area contributed by atoms with E-state index in [2.05, 4.69) is 4.98 Å². The lowest BCUT2D eigenvalue weighted by molar-refractivity contribution is -0.138. The molecule has 2 heterocycles. The second kappa shape index (κ2) is 7.75. The summed E-state index contributed by atoms with van der Waals surface area (Å²) in [5.74, 6) is -0.588. The van der Waals surface area contributed by atoms with E-state index < -0.39 is 32.4 Å². The van der Waals surface area contributed by atoms with Gasteiger partial charge in [0.15, 0.2) is 9.84 Å². The van der Waals surface area contributed by atoms with Crippen molar-refractivity contribution in [3.63, 3.8) is 0 Å². The lowest BCUT2D eigenvalue weighted by Gasteiger charge is -2.16. The third kappa shape index (κ3) is 4.04. The Labute approximate surface area is 171 Å². The van der Waals surface area contributed by atoms with E-state index in [1.54, 1.807) is 26.0 Å². The van der Waals surface area contributed by atoms with Gasteiger partial charge in [0, 0.05) is 30.1 Å². The van der Waals surface area contributed by atoms with E-state index in [1.807, 2.05) is 0 Å². The number of pyridine rings is 1. The molecule has 0 amide bonds. The summed E-state index contributed by atoms with van der Waals surface area (Å²) in [4.78, 5) is 16.2. The first-order valence-electron chi connectivity index (χ1n) is 8.96. The first-order valence-corrected chi connectivity index (χ1v) is 10.9. The fourth-order valence-electron chi connectivity index (χ4n) is 3.31. The largest absolute Gasteiger partial charge is 0.462 e. The molecule has 0 unspecified atom stereocenters. The van der Waals surface area contributed by atoms with Crippen molar-refractivity contribution in [2.45, 2.75) is 31.5 Å². The standard InChI is InChI=1S/C20H19F3N2O4S/c1-4-29-19(26)17-12(2)25(18-15(17)6-5-9-24-18)11-13-7-8-14(30(3,27)28)10-16(13)20(21,22)23/h5-10H,4,11H2,1-3H3. The normalized spacial score (nSPS) is 12.3. The quantitative estimate of drug-likeness (QED) is 0.561. The Bertz CT molecular complexity index is 1230. The Morgan fingerprint density at radius 2 is 1.93 bits per heavy atom. The third-order valence-corrected chi connectivity index (χ3v) is 5.81. The van der Waals surface area contributed by atoms with E-state index in [9.17, 15) is 26.4 Å². The second-order valence-corrected chi connectivity index (χ2v) is 8.75. The van der Waals surface area contributed by atoms with Gasteiger partial charge in [0.05, 0.1) is 22.6 Å². The number of hydrogen-bond acceptors (Lipinski definition) is 5. The summed E-state index contributed by atoms with van der Waals surface area (Å²) < 4.78 is 71.0. The predicted molar refractivity (Wildman–Crippen MR) is 104 cm³/mol. The van der Waals surface area contributed by atoms with Crippen molar-refractivity contribution in [1.29, 1.82) is 0 Å². The van der Waals surface area contributed by atoms with Crippen LogP contribution in [0.15, 0.2) is 41.4 Å². The SMILES string of the molecule is CCOC(=O)c1c(C)n(Cc2ccc(S(C)(=O)=O)cc2C(F)(F)F)c2ncccc12. The molecule has 2 aromatic heterocycles. The van der Waals surface area contributed by atoms with Gasteiger partial charge in [0.1, 0.15) is 5.65 Å². The first-order chi connectivity index (χ1) is 13.9. The average molecular weight is 440 g/mol. The van der Waals surface area contributed by atoms with Gasteiger partial charge < -0.3 is 9.30 Å². The van der Waals surface area contributed by atoms with Gasteiger partial charge in [-0.25, -0.2) is 18.2 Å². The van der Waals surface area contributed by atoms with Crippen LogP contribution in [0.1, 0.15) is 34.1 Å². The fraction of sp³-hybridized carbons (Fsp3) is 0.300. The number of carbonyl (C=O) groups is 1. The molecule has 0 bridgehead atoms. The molecule has 0 aliphatic carbocycles. The predicted octanol–water partition coefficient (Wildman–Crippen LogP) is 3.99. The number of rotatable bonds is 5. The zero-order chi connectivity index (χ0) is 22.3. The molecule has 3 rings (SSSR count). The zero-order valence-corrected chi connectivity index (χ0v) is 17.3. The van der Waals surface area contributed by atoms with E-state index in [-0.39, 0.29) is 24.3 Å². The number of alkyl halides is 3. The van der Waals surface area contributed by atoms with Crippen LogP contribution in [0.4, 0.5) is 13.2 Å². The zero-order valence-electron chi connectivity index (χ0n) is 16.4. The highest BCUT2D eigenvalue weighted by molar-refractivity contribution is 7.90. The Morgan fingerprint density at radius 1 is 1.23 bits per heavy atom. The molecule has 1 aromatic carbocycles. The van der Waals surface area contributed by atoms with Crippen LogP contribution in [0, 0.1) is 6.92 Å². The number of carbonyl (C=O) groups excluding carboxylic acids is 1. The molecule has 30 heavy (non-hydrogen) atoms. The summed E-state index contributed by atoms with van der Waals surface area (Å²) in [6, 6.07) is 6.18. The lowest BCUT2D eigenvalue weighted by atomic mass is 10.1. The van der Waals surface area contributed by atoms with Crippen LogP contribution < -0.4 is 0 Å². The summed E-state index contributed by atoms with van der Waals surface area (Å²) >= 11 is 0. The molecule has 6 nitrogen and oxygen atoms in total. The van der Waals surface area contributed by atoms with Crippen LogP contribution in [0.25, 0.3) is 11.0 Å². The molecule has 0 N–H and O–H groups in total. The van der Waals surface area contributed by atoms with E-state index in [4.69, 9.17) is 4.74 Å². The Balaban J connectivity index is 2.20. The maximum atomic E-state index is 13.7. The van der Waals surface area contributed by atoms with E-state index in [0.29, 0.717) is 22.8 Å². The minimum absolute atomic E-state index is 0.143. The van der Waals surface area contributed by atoms with Crippen LogP contribution in [0.5, 0.6) is 0 Å². The Hall–Kier alpha value is -2.88. The topological polar surface area (TPSA) is 78.3 Å².